The minimum Gasteiger partial charge on any atom is -0.337 e. The molecular formula is C23H27ClN4O. The molecule has 0 unspecified atom stereocenters. The second kappa shape index (κ2) is 8.97. The summed E-state index contributed by atoms with van der Waals surface area (Å²) in [6, 6.07) is 12.0. The molecule has 3 aromatic rings. The fraction of sp³-hybridized carbons (Fsp3) is 0.391. The van der Waals surface area contributed by atoms with Crippen LogP contribution in [0.1, 0.15) is 46.6 Å². The van der Waals surface area contributed by atoms with Crippen LogP contribution in [-0.2, 0) is 13.0 Å². The van der Waals surface area contributed by atoms with Crippen LogP contribution in [-0.4, -0.2) is 39.8 Å². The molecule has 1 saturated heterocycles. The fourth-order valence-electron chi connectivity index (χ4n) is 3.97. The molecule has 6 heteroatoms. The van der Waals surface area contributed by atoms with Crippen LogP contribution in [0.15, 0.2) is 42.6 Å². The Morgan fingerprint density at radius 3 is 2.72 bits per heavy atom. The van der Waals surface area contributed by atoms with Gasteiger partial charge in [-0.1, -0.05) is 35.9 Å². The number of benzene rings is 1. The maximum Gasteiger partial charge on any atom is 0.274 e. The van der Waals surface area contributed by atoms with E-state index in [9.17, 15) is 4.79 Å². The first-order chi connectivity index (χ1) is 14.1. The first-order valence-electron chi connectivity index (χ1n) is 10.3. The van der Waals surface area contributed by atoms with Gasteiger partial charge in [0.15, 0.2) is 5.69 Å². The van der Waals surface area contributed by atoms with Crippen molar-refractivity contribution in [3.05, 3.63) is 70.1 Å². The zero-order chi connectivity index (χ0) is 20.2. The van der Waals surface area contributed by atoms with Gasteiger partial charge in [0.25, 0.3) is 5.91 Å². The van der Waals surface area contributed by atoms with Gasteiger partial charge in [0.2, 0.25) is 0 Å². The van der Waals surface area contributed by atoms with E-state index in [4.69, 9.17) is 16.6 Å². The number of nitrogens with one attached hydrogen (secondary N) is 1. The molecule has 29 heavy (non-hydrogen) atoms. The molecule has 0 aliphatic carbocycles. The standard InChI is InChI=1S/C23H27ClN4O/c1-17-8-7-15-28-20(16-25-12-11-18-9-3-4-10-19(18)24)21(26-22(17)28)23(29)27-13-5-2-6-14-27/h3-4,7-10,15,25H,2,5-6,11-14,16H2,1H3. The molecular weight excluding hydrogens is 384 g/mol. The molecule has 1 N–H and O–H groups in total. The lowest BCUT2D eigenvalue weighted by atomic mass is 10.1. The van der Waals surface area contributed by atoms with Crippen molar-refractivity contribution >= 4 is 23.2 Å². The summed E-state index contributed by atoms with van der Waals surface area (Å²) in [7, 11) is 0. The van der Waals surface area contributed by atoms with Gasteiger partial charge in [0, 0.05) is 30.9 Å². The normalized spacial score (nSPS) is 14.5. The Labute approximate surface area is 176 Å². The molecule has 152 valence electrons. The van der Waals surface area contributed by atoms with Gasteiger partial charge < -0.3 is 14.6 Å². The van der Waals surface area contributed by atoms with Gasteiger partial charge in [0.1, 0.15) is 5.65 Å². The summed E-state index contributed by atoms with van der Waals surface area (Å²) in [4.78, 5) is 19.9. The van der Waals surface area contributed by atoms with Gasteiger partial charge >= 0.3 is 0 Å². The minimum absolute atomic E-state index is 0.0516. The number of aromatic nitrogens is 2. The molecule has 1 amide bonds. The third-order valence-corrected chi connectivity index (χ3v) is 5.98. The van der Waals surface area contributed by atoms with E-state index in [1.54, 1.807) is 0 Å². The number of nitrogens with zero attached hydrogens (tertiary/aromatic N) is 3. The number of rotatable bonds is 6. The van der Waals surface area contributed by atoms with Crippen LogP contribution in [0.25, 0.3) is 5.65 Å². The van der Waals surface area contributed by atoms with Crippen molar-refractivity contribution in [1.82, 2.24) is 19.6 Å². The molecule has 1 aliphatic heterocycles. The van der Waals surface area contributed by atoms with E-state index < -0.39 is 0 Å². The lowest BCUT2D eigenvalue weighted by Crippen LogP contribution is -2.36. The SMILES string of the molecule is Cc1cccn2c(CNCCc3ccccc3Cl)c(C(=O)N3CCCCC3)nc12. The highest BCUT2D eigenvalue weighted by Gasteiger charge is 2.25. The second-order valence-electron chi connectivity index (χ2n) is 7.66. The molecule has 5 nitrogen and oxygen atoms in total. The summed E-state index contributed by atoms with van der Waals surface area (Å²) in [5, 5.41) is 4.28. The van der Waals surface area contributed by atoms with Crippen LogP contribution in [0, 0.1) is 6.92 Å². The zero-order valence-corrected chi connectivity index (χ0v) is 17.6. The van der Waals surface area contributed by atoms with Gasteiger partial charge in [-0.2, -0.15) is 0 Å². The number of aryl methyl sites for hydroxylation is 1. The first-order valence-corrected chi connectivity index (χ1v) is 10.7. The molecule has 0 bridgehead atoms. The molecule has 3 heterocycles. The summed E-state index contributed by atoms with van der Waals surface area (Å²) in [5.74, 6) is 0.0516. The number of pyridine rings is 1. The van der Waals surface area contributed by atoms with Crippen molar-refractivity contribution < 1.29 is 4.79 Å². The van der Waals surface area contributed by atoms with Crippen molar-refractivity contribution in [1.29, 1.82) is 0 Å². The van der Waals surface area contributed by atoms with Crippen LogP contribution in [0.3, 0.4) is 0 Å². The Balaban J connectivity index is 1.54. The van der Waals surface area contributed by atoms with Crippen molar-refractivity contribution in [2.75, 3.05) is 19.6 Å². The second-order valence-corrected chi connectivity index (χ2v) is 8.07. The third kappa shape index (κ3) is 4.31. The van der Waals surface area contributed by atoms with Crippen molar-refractivity contribution in [3.8, 4) is 0 Å². The van der Waals surface area contributed by atoms with E-state index in [-0.39, 0.29) is 5.91 Å². The highest BCUT2D eigenvalue weighted by atomic mass is 35.5. The Bertz CT molecular complexity index is 1010. The molecule has 0 saturated carbocycles. The number of likely N-dealkylation sites (tertiary alicyclic amines) is 1. The number of halogens is 1. The predicted molar refractivity (Wildman–Crippen MR) is 117 cm³/mol. The minimum atomic E-state index is 0.0516. The van der Waals surface area contributed by atoms with Crippen LogP contribution in [0.4, 0.5) is 0 Å². The predicted octanol–water partition coefficient (Wildman–Crippen LogP) is 4.25. The number of carbonyl (C=O) groups is 1. The van der Waals surface area contributed by atoms with Crippen LogP contribution in [0.5, 0.6) is 0 Å². The summed E-state index contributed by atoms with van der Waals surface area (Å²) >= 11 is 6.26. The van der Waals surface area contributed by atoms with Gasteiger partial charge in [-0.25, -0.2) is 4.98 Å². The third-order valence-electron chi connectivity index (χ3n) is 5.61. The number of fused-ring (bicyclic) bond motifs is 1. The molecule has 1 aliphatic rings. The molecule has 4 rings (SSSR count). The highest BCUT2D eigenvalue weighted by Crippen LogP contribution is 2.20. The molecule has 0 atom stereocenters. The summed E-state index contributed by atoms with van der Waals surface area (Å²) in [5.41, 5.74) is 4.56. The number of imidazole rings is 1. The van der Waals surface area contributed by atoms with Gasteiger partial charge in [-0.15, -0.1) is 0 Å². The number of hydrogen-bond acceptors (Lipinski definition) is 3. The lowest BCUT2D eigenvalue weighted by Gasteiger charge is -2.26. The van der Waals surface area contributed by atoms with E-state index in [1.165, 1.54) is 6.42 Å². The van der Waals surface area contributed by atoms with E-state index >= 15 is 0 Å². The van der Waals surface area contributed by atoms with Gasteiger partial charge in [-0.3, -0.25) is 4.79 Å². The molecule has 2 aromatic heterocycles. The first kappa shape index (κ1) is 19.9. The Hall–Kier alpha value is -2.37. The summed E-state index contributed by atoms with van der Waals surface area (Å²) in [6.07, 6.45) is 6.18. The topological polar surface area (TPSA) is 49.6 Å². The average Bonchev–Trinajstić information content (AvgIpc) is 3.12. The number of amides is 1. The molecule has 0 radical (unpaired) electrons. The number of carbonyl (C=O) groups excluding carboxylic acids is 1. The fourth-order valence-corrected chi connectivity index (χ4v) is 4.20. The summed E-state index contributed by atoms with van der Waals surface area (Å²) < 4.78 is 2.05. The Morgan fingerprint density at radius 2 is 1.93 bits per heavy atom. The quantitative estimate of drug-likeness (QED) is 0.618. The van der Waals surface area contributed by atoms with Crippen molar-refractivity contribution in [3.63, 3.8) is 0 Å². The zero-order valence-electron chi connectivity index (χ0n) is 16.8. The van der Waals surface area contributed by atoms with Crippen LogP contribution >= 0.6 is 11.6 Å². The molecule has 1 fully saturated rings. The highest BCUT2D eigenvalue weighted by molar-refractivity contribution is 6.31. The van der Waals surface area contributed by atoms with Crippen molar-refractivity contribution in [2.24, 2.45) is 0 Å². The maximum absolute atomic E-state index is 13.2. The Morgan fingerprint density at radius 1 is 1.14 bits per heavy atom. The lowest BCUT2D eigenvalue weighted by molar-refractivity contribution is 0.0717. The molecule has 0 spiro atoms. The van der Waals surface area contributed by atoms with Crippen LogP contribution < -0.4 is 5.32 Å². The van der Waals surface area contributed by atoms with E-state index in [0.717, 1.165) is 66.4 Å². The monoisotopic (exact) mass is 410 g/mol. The largest absolute Gasteiger partial charge is 0.337 e. The summed E-state index contributed by atoms with van der Waals surface area (Å²) in [6.45, 7) is 5.05. The van der Waals surface area contributed by atoms with E-state index in [0.29, 0.717) is 12.2 Å². The van der Waals surface area contributed by atoms with Crippen molar-refractivity contribution in [2.45, 2.75) is 39.2 Å². The number of hydrogen-bond donors (Lipinski definition) is 1. The Kier molecular flexibility index (Phi) is 6.16. The maximum atomic E-state index is 13.2. The molecule has 1 aromatic carbocycles. The smallest absolute Gasteiger partial charge is 0.274 e. The van der Waals surface area contributed by atoms with Gasteiger partial charge in [0.05, 0.1) is 5.69 Å². The average molecular weight is 411 g/mol. The van der Waals surface area contributed by atoms with Crippen LogP contribution in [0.2, 0.25) is 5.02 Å². The number of piperidine rings is 1. The van der Waals surface area contributed by atoms with Gasteiger partial charge in [-0.05, 0) is 62.4 Å². The van der Waals surface area contributed by atoms with E-state index in [1.807, 2.05) is 54.4 Å². The van der Waals surface area contributed by atoms with E-state index in [2.05, 4.69) is 9.72 Å².